The molecule has 2 amide bonds. The van der Waals surface area contributed by atoms with Crippen LogP contribution in [0.15, 0.2) is 16.3 Å². The van der Waals surface area contributed by atoms with Crippen molar-refractivity contribution < 1.29 is 18.0 Å². The summed E-state index contributed by atoms with van der Waals surface area (Å²) in [5, 5.41) is 2.40. The van der Waals surface area contributed by atoms with Crippen molar-refractivity contribution in [3.63, 3.8) is 0 Å². The quantitative estimate of drug-likeness (QED) is 0.685. The maximum atomic E-state index is 12.4. The van der Waals surface area contributed by atoms with Gasteiger partial charge in [-0.25, -0.2) is 8.42 Å². The molecule has 1 aliphatic heterocycles. The summed E-state index contributed by atoms with van der Waals surface area (Å²) in [5.41, 5.74) is 5.14. The van der Waals surface area contributed by atoms with E-state index < -0.39 is 15.9 Å². The molecule has 2 rings (SSSR count). The Bertz CT molecular complexity index is 687. The van der Waals surface area contributed by atoms with Gasteiger partial charge in [0.1, 0.15) is 4.21 Å². The third-order valence-corrected chi connectivity index (χ3v) is 6.95. The maximum Gasteiger partial charge on any atom is 0.252 e. The molecule has 1 aliphatic rings. The first-order valence-electron chi connectivity index (χ1n) is 6.84. The summed E-state index contributed by atoms with van der Waals surface area (Å²) in [4.78, 5) is 24.5. The van der Waals surface area contributed by atoms with Gasteiger partial charge in [-0.15, -0.1) is 23.7 Å². The molecule has 0 radical (unpaired) electrons. The minimum absolute atomic E-state index is 0. The molecule has 0 aliphatic carbocycles. The van der Waals surface area contributed by atoms with Crippen LogP contribution in [0.2, 0.25) is 4.34 Å². The average molecular weight is 417 g/mol. The molecule has 0 bridgehead atoms. The molecular weight excluding hydrogens is 399 g/mol. The van der Waals surface area contributed by atoms with Gasteiger partial charge in [-0.3, -0.25) is 9.59 Å². The van der Waals surface area contributed by atoms with Crippen LogP contribution in [-0.4, -0.2) is 68.7 Å². The number of carbonyl (C=O) groups is 2. The van der Waals surface area contributed by atoms with Crippen molar-refractivity contribution in [3.05, 3.63) is 16.5 Å². The lowest BCUT2D eigenvalue weighted by molar-refractivity contribution is -0.133. The zero-order valence-electron chi connectivity index (χ0n) is 12.6. The molecule has 3 N–H and O–H groups in total. The number of rotatable bonds is 5. The van der Waals surface area contributed by atoms with E-state index in [1.807, 2.05) is 0 Å². The van der Waals surface area contributed by atoms with E-state index in [0.717, 1.165) is 11.3 Å². The van der Waals surface area contributed by atoms with Crippen LogP contribution in [0.4, 0.5) is 0 Å². The zero-order valence-corrected chi connectivity index (χ0v) is 15.8. The Morgan fingerprint density at radius 1 is 1.25 bits per heavy atom. The summed E-state index contributed by atoms with van der Waals surface area (Å²) >= 11 is 6.79. The number of hydrogen-bond acceptors (Lipinski definition) is 6. The number of nitrogens with two attached hydrogens (primary N) is 1. The van der Waals surface area contributed by atoms with E-state index >= 15 is 0 Å². The maximum absolute atomic E-state index is 12.4. The Morgan fingerprint density at radius 3 is 2.38 bits per heavy atom. The van der Waals surface area contributed by atoms with Crippen LogP contribution >= 0.6 is 35.3 Å². The molecule has 0 spiro atoms. The molecule has 0 saturated carbocycles. The normalized spacial score (nSPS) is 15.7. The number of nitrogens with zero attached hydrogens (tertiary/aromatic N) is 2. The van der Waals surface area contributed by atoms with Crippen LogP contribution < -0.4 is 11.1 Å². The molecule has 1 aromatic heterocycles. The number of piperazine rings is 1. The van der Waals surface area contributed by atoms with Gasteiger partial charge in [-0.1, -0.05) is 11.6 Å². The molecule has 136 valence electrons. The standard InChI is InChI=1S/C12H17ClN4O4S2.ClH/c13-9-1-2-12(22-9)23(20,21)17-5-3-16(4-6-17)11(19)8-15-10(18)7-14;/h1-2H,3-8,14H2,(H,15,18);1H. The van der Waals surface area contributed by atoms with Gasteiger partial charge in [0.15, 0.2) is 0 Å². The summed E-state index contributed by atoms with van der Waals surface area (Å²) in [6, 6.07) is 3.02. The second-order valence-corrected chi connectivity index (χ2v) is 8.70. The van der Waals surface area contributed by atoms with Gasteiger partial charge < -0.3 is 16.0 Å². The summed E-state index contributed by atoms with van der Waals surface area (Å²) < 4.78 is 26.8. The lowest BCUT2D eigenvalue weighted by atomic mass is 10.3. The molecule has 0 unspecified atom stereocenters. The Hall–Kier alpha value is -0.910. The van der Waals surface area contributed by atoms with E-state index in [9.17, 15) is 18.0 Å². The molecular formula is C12H18Cl2N4O4S2. The van der Waals surface area contributed by atoms with Gasteiger partial charge in [-0.2, -0.15) is 4.31 Å². The molecule has 12 heteroatoms. The van der Waals surface area contributed by atoms with Gasteiger partial charge in [0.2, 0.25) is 11.8 Å². The molecule has 1 aromatic rings. The number of sulfonamides is 1. The highest BCUT2D eigenvalue weighted by Gasteiger charge is 2.31. The highest BCUT2D eigenvalue weighted by Crippen LogP contribution is 2.28. The Morgan fingerprint density at radius 2 is 1.88 bits per heavy atom. The molecule has 1 fully saturated rings. The minimum Gasteiger partial charge on any atom is -0.346 e. The van der Waals surface area contributed by atoms with E-state index in [4.69, 9.17) is 17.3 Å². The van der Waals surface area contributed by atoms with E-state index in [-0.39, 0.29) is 61.8 Å². The minimum atomic E-state index is -3.58. The average Bonchev–Trinajstić information content (AvgIpc) is 2.99. The molecule has 2 heterocycles. The predicted molar refractivity (Wildman–Crippen MR) is 94.0 cm³/mol. The fraction of sp³-hybridized carbons (Fsp3) is 0.500. The van der Waals surface area contributed by atoms with Crippen LogP contribution in [0.25, 0.3) is 0 Å². The molecule has 24 heavy (non-hydrogen) atoms. The molecule has 1 saturated heterocycles. The molecule has 0 aromatic carbocycles. The molecule has 8 nitrogen and oxygen atoms in total. The lowest BCUT2D eigenvalue weighted by Gasteiger charge is -2.33. The third kappa shape index (κ3) is 5.04. The van der Waals surface area contributed by atoms with Crippen LogP contribution in [0, 0.1) is 0 Å². The highest BCUT2D eigenvalue weighted by atomic mass is 35.5. The zero-order chi connectivity index (χ0) is 17.0. The topological polar surface area (TPSA) is 113 Å². The third-order valence-electron chi connectivity index (χ3n) is 3.36. The SMILES string of the molecule is Cl.NCC(=O)NCC(=O)N1CCN(S(=O)(=O)c2ccc(Cl)s2)CC1. The fourth-order valence-corrected chi connectivity index (χ4v) is 5.16. The number of carbonyl (C=O) groups excluding carboxylic acids is 2. The summed E-state index contributed by atoms with van der Waals surface area (Å²) in [6.07, 6.45) is 0. The fourth-order valence-electron chi connectivity index (χ4n) is 2.10. The number of hydrogen-bond donors (Lipinski definition) is 2. The number of thiophene rings is 1. The van der Waals surface area contributed by atoms with Crippen LogP contribution in [0.5, 0.6) is 0 Å². The van der Waals surface area contributed by atoms with Crippen molar-refractivity contribution in [1.82, 2.24) is 14.5 Å². The van der Waals surface area contributed by atoms with Crippen molar-refractivity contribution in [2.24, 2.45) is 5.73 Å². The Kier molecular flexibility index (Phi) is 7.90. The van der Waals surface area contributed by atoms with Gasteiger partial charge >= 0.3 is 0 Å². The van der Waals surface area contributed by atoms with Crippen molar-refractivity contribution >= 4 is 57.2 Å². The second kappa shape index (κ2) is 8.97. The number of amides is 2. The van der Waals surface area contributed by atoms with Crippen molar-refractivity contribution in [2.75, 3.05) is 39.3 Å². The van der Waals surface area contributed by atoms with E-state index in [2.05, 4.69) is 5.32 Å². The largest absolute Gasteiger partial charge is 0.346 e. The first kappa shape index (κ1) is 21.1. The van der Waals surface area contributed by atoms with E-state index in [0.29, 0.717) is 4.34 Å². The monoisotopic (exact) mass is 416 g/mol. The number of nitrogens with one attached hydrogen (secondary N) is 1. The first-order valence-corrected chi connectivity index (χ1v) is 9.48. The molecule has 0 atom stereocenters. The highest BCUT2D eigenvalue weighted by molar-refractivity contribution is 7.91. The lowest BCUT2D eigenvalue weighted by Crippen LogP contribution is -2.52. The van der Waals surface area contributed by atoms with Gasteiger partial charge in [0.25, 0.3) is 10.0 Å². The number of halogens is 2. The van der Waals surface area contributed by atoms with Crippen LogP contribution in [0.1, 0.15) is 0 Å². The predicted octanol–water partition coefficient (Wildman–Crippen LogP) is -0.269. The second-order valence-electron chi connectivity index (χ2n) is 4.82. The van der Waals surface area contributed by atoms with Gasteiger partial charge in [-0.05, 0) is 12.1 Å². The summed E-state index contributed by atoms with van der Waals surface area (Å²) in [6.45, 7) is 0.639. The van der Waals surface area contributed by atoms with Crippen molar-refractivity contribution in [2.45, 2.75) is 4.21 Å². The first-order chi connectivity index (χ1) is 10.8. The van der Waals surface area contributed by atoms with Gasteiger partial charge in [0, 0.05) is 26.2 Å². The Labute approximate surface area is 155 Å². The van der Waals surface area contributed by atoms with Crippen LogP contribution in [0.3, 0.4) is 0 Å². The summed E-state index contributed by atoms with van der Waals surface area (Å²) in [7, 11) is -3.58. The Balaban J connectivity index is 0.00000288. The summed E-state index contributed by atoms with van der Waals surface area (Å²) in [5.74, 6) is -0.669. The van der Waals surface area contributed by atoms with Crippen molar-refractivity contribution in [3.8, 4) is 0 Å². The van der Waals surface area contributed by atoms with Gasteiger partial charge in [0.05, 0.1) is 17.4 Å². The smallest absolute Gasteiger partial charge is 0.252 e. The van der Waals surface area contributed by atoms with Crippen LogP contribution in [-0.2, 0) is 19.6 Å². The van der Waals surface area contributed by atoms with Crippen molar-refractivity contribution in [1.29, 1.82) is 0 Å². The van der Waals surface area contributed by atoms with E-state index in [1.54, 1.807) is 6.07 Å². The van der Waals surface area contributed by atoms with E-state index in [1.165, 1.54) is 15.3 Å².